The van der Waals surface area contributed by atoms with Crippen molar-refractivity contribution in [2.75, 3.05) is 0 Å². The van der Waals surface area contributed by atoms with Crippen molar-refractivity contribution >= 4 is 12.2 Å². The second kappa shape index (κ2) is 3.45. The van der Waals surface area contributed by atoms with E-state index in [1.165, 1.54) is 0 Å². The number of aromatic nitrogens is 3. The Balaban J connectivity index is 2.20. The topological polar surface area (TPSA) is 53.8 Å². The van der Waals surface area contributed by atoms with Gasteiger partial charge in [0.05, 0.1) is 5.56 Å². The van der Waals surface area contributed by atoms with Gasteiger partial charge in [0.15, 0.2) is 10.6 Å². The van der Waals surface area contributed by atoms with Crippen LogP contribution in [0.4, 0.5) is 0 Å². The molecule has 0 atom stereocenters. The zero-order valence-electron chi connectivity index (χ0n) is 8.55. The minimum Gasteiger partial charge on any atom is -0.507 e. The maximum atomic E-state index is 9.80. The molecule has 1 aliphatic carbocycles. The Kier molecular flexibility index (Phi) is 2.07. The highest BCUT2D eigenvalue weighted by molar-refractivity contribution is 7.71. The Morgan fingerprint density at radius 1 is 1.38 bits per heavy atom. The molecule has 1 aromatic carbocycles. The van der Waals surface area contributed by atoms with Crippen LogP contribution in [-0.4, -0.2) is 19.9 Å². The van der Waals surface area contributed by atoms with Crippen LogP contribution in [0.15, 0.2) is 24.3 Å². The van der Waals surface area contributed by atoms with Gasteiger partial charge in [-0.1, -0.05) is 12.1 Å². The second-order valence-electron chi connectivity index (χ2n) is 3.97. The van der Waals surface area contributed by atoms with E-state index < -0.39 is 0 Å². The molecule has 0 bridgehead atoms. The summed E-state index contributed by atoms with van der Waals surface area (Å²) in [4.78, 5) is 0. The molecule has 0 spiro atoms. The zero-order chi connectivity index (χ0) is 11.1. The molecule has 1 heterocycles. The predicted molar refractivity (Wildman–Crippen MR) is 62.8 cm³/mol. The van der Waals surface area contributed by atoms with Crippen molar-refractivity contribution in [1.29, 1.82) is 0 Å². The molecule has 82 valence electrons. The van der Waals surface area contributed by atoms with Crippen LogP contribution in [0, 0.1) is 4.77 Å². The number of hydrogen-bond donors (Lipinski definition) is 2. The van der Waals surface area contributed by atoms with Gasteiger partial charge in [0.2, 0.25) is 0 Å². The Morgan fingerprint density at radius 2 is 2.12 bits per heavy atom. The number of phenols is 1. The van der Waals surface area contributed by atoms with Gasteiger partial charge < -0.3 is 5.11 Å². The maximum Gasteiger partial charge on any atom is 0.195 e. The Bertz CT molecular complexity index is 583. The lowest BCUT2D eigenvalue weighted by atomic mass is 10.2. The smallest absolute Gasteiger partial charge is 0.195 e. The summed E-state index contributed by atoms with van der Waals surface area (Å²) >= 11 is 5.20. The van der Waals surface area contributed by atoms with Crippen LogP contribution in [0.3, 0.4) is 0 Å². The van der Waals surface area contributed by atoms with Gasteiger partial charge in [0.25, 0.3) is 0 Å². The molecule has 1 aromatic heterocycles. The van der Waals surface area contributed by atoms with Crippen molar-refractivity contribution < 1.29 is 5.11 Å². The van der Waals surface area contributed by atoms with Crippen LogP contribution < -0.4 is 0 Å². The van der Waals surface area contributed by atoms with Crippen LogP contribution in [0.5, 0.6) is 5.75 Å². The minimum atomic E-state index is 0.235. The number of nitrogens with one attached hydrogen (secondary N) is 1. The van der Waals surface area contributed by atoms with E-state index in [9.17, 15) is 5.11 Å². The summed E-state index contributed by atoms with van der Waals surface area (Å²) in [5.41, 5.74) is 0.724. The standard InChI is InChI=1S/C11H11N3OS/c15-9-4-2-1-3-8(9)10-12-13-11(16)14(10)7-5-6-7/h1-4,7,15H,5-6H2,(H,13,16). The van der Waals surface area contributed by atoms with Crippen LogP contribution in [-0.2, 0) is 0 Å². The Labute approximate surface area is 97.6 Å². The fourth-order valence-electron chi connectivity index (χ4n) is 1.83. The fraction of sp³-hybridized carbons (Fsp3) is 0.273. The molecule has 1 aliphatic rings. The average molecular weight is 233 g/mol. The highest BCUT2D eigenvalue weighted by atomic mass is 32.1. The number of hydrogen-bond acceptors (Lipinski definition) is 3. The van der Waals surface area contributed by atoms with E-state index >= 15 is 0 Å². The SMILES string of the molecule is Oc1ccccc1-c1n[nH]c(=S)n1C1CC1. The summed E-state index contributed by atoms with van der Waals surface area (Å²) in [6.07, 6.45) is 2.27. The summed E-state index contributed by atoms with van der Waals surface area (Å²) in [6, 6.07) is 7.62. The molecule has 5 heteroatoms. The molecule has 16 heavy (non-hydrogen) atoms. The highest BCUT2D eigenvalue weighted by Crippen LogP contribution is 2.39. The van der Waals surface area contributed by atoms with E-state index in [1.54, 1.807) is 12.1 Å². The van der Waals surface area contributed by atoms with Crippen LogP contribution >= 0.6 is 12.2 Å². The van der Waals surface area contributed by atoms with Crippen molar-refractivity contribution in [3.63, 3.8) is 0 Å². The summed E-state index contributed by atoms with van der Waals surface area (Å²) in [5, 5.41) is 16.8. The van der Waals surface area contributed by atoms with E-state index in [4.69, 9.17) is 12.2 Å². The maximum absolute atomic E-state index is 9.80. The van der Waals surface area contributed by atoms with Gasteiger partial charge in [-0.05, 0) is 37.2 Å². The second-order valence-corrected chi connectivity index (χ2v) is 4.36. The number of aromatic amines is 1. The largest absolute Gasteiger partial charge is 0.507 e. The Hall–Kier alpha value is -1.62. The number of benzene rings is 1. The van der Waals surface area contributed by atoms with E-state index in [1.807, 2.05) is 16.7 Å². The van der Waals surface area contributed by atoms with Gasteiger partial charge in [-0.3, -0.25) is 9.67 Å². The third kappa shape index (κ3) is 1.44. The minimum absolute atomic E-state index is 0.235. The summed E-state index contributed by atoms with van der Waals surface area (Å²) in [7, 11) is 0. The average Bonchev–Trinajstić information content (AvgIpc) is 3.04. The monoisotopic (exact) mass is 233 g/mol. The van der Waals surface area contributed by atoms with Crippen LogP contribution in [0.25, 0.3) is 11.4 Å². The van der Waals surface area contributed by atoms with E-state index in [-0.39, 0.29) is 5.75 Å². The molecule has 0 saturated heterocycles. The number of nitrogens with zero attached hydrogens (tertiary/aromatic N) is 2. The molecule has 1 fully saturated rings. The van der Waals surface area contributed by atoms with E-state index in [0.717, 1.165) is 24.2 Å². The number of H-pyrrole nitrogens is 1. The quantitative estimate of drug-likeness (QED) is 0.784. The van der Waals surface area contributed by atoms with E-state index in [0.29, 0.717) is 10.8 Å². The molecule has 0 amide bonds. The third-order valence-electron chi connectivity index (χ3n) is 2.76. The molecule has 0 aliphatic heterocycles. The van der Waals surface area contributed by atoms with Gasteiger partial charge in [-0.25, -0.2) is 0 Å². The lowest BCUT2D eigenvalue weighted by molar-refractivity contribution is 0.476. The first kappa shape index (κ1) is 9.59. The van der Waals surface area contributed by atoms with Crippen LogP contribution in [0.1, 0.15) is 18.9 Å². The van der Waals surface area contributed by atoms with Gasteiger partial charge in [0.1, 0.15) is 5.75 Å². The fourth-order valence-corrected chi connectivity index (χ4v) is 2.11. The van der Waals surface area contributed by atoms with E-state index in [2.05, 4.69) is 10.2 Å². The molecule has 1 saturated carbocycles. The van der Waals surface area contributed by atoms with Crippen molar-refractivity contribution in [3.05, 3.63) is 29.0 Å². The first-order valence-electron chi connectivity index (χ1n) is 5.22. The molecule has 0 unspecified atom stereocenters. The van der Waals surface area contributed by atoms with Gasteiger partial charge in [0, 0.05) is 6.04 Å². The van der Waals surface area contributed by atoms with Crippen molar-refractivity contribution in [3.8, 4) is 17.1 Å². The predicted octanol–water partition coefficient (Wildman–Crippen LogP) is 2.65. The first-order chi connectivity index (χ1) is 7.77. The lowest BCUT2D eigenvalue weighted by Gasteiger charge is -2.06. The molecule has 2 N–H and O–H groups in total. The molecular formula is C11H11N3OS. The van der Waals surface area contributed by atoms with Gasteiger partial charge in [-0.15, -0.1) is 0 Å². The summed E-state index contributed by atoms with van der Waals surface area (Å²) < 4.78 is 2.62. The number of para-hydroxylation sites is 1. The van der Waals surface area contributed by atoms with Crippen molar-refractivity contribution in [2.24, 2.45) is 0 Å². The van der Waals surface area contributed by atoms with Gasteiger partial charge in [-0.2, -0.15) is 5.10 Å². The zero-order valence-corrected chi connectivity index (χ0v) is 9.37. The molecule has 3 rings (SSSR count). The molecule has 4 nitrogen and oxygen atoms in total. The van der Waals surface area contributed by atoms with Crippen molar-refractivity contribution in [2.45, 2.75) is 18.9 Å². The van der Waals surface area contributed by atoms with Gasteiger partial charge >= 0.3 is 0 Å². The summed E-state index contributed by atoms with van der Waals surface area (Å²) in [6.45, 7) is 0. The molecule has 2 aromatic rings. The highest BCUT2D eigenvalue weighted by Gasteiger charge is 2.28. The number of phenolic OH excluding ortho intramolecular Hbond substituents is 1. The Morgan fingerprint density at radius 3 is 2.81 bits per heavy atom. The lowest BCUT2D eigenvalue weighted by Crippen LogP contribution is -1.97. The number of aromatic hydroxyl groups is 1. The molecule has 0 radical (unpaired) electrons. The van der Waals surface area contributed by atoms with Crippen LogP contribution in [0.2, 0.25) is 0 Å². The third-order valence-corrected chi connectivity index (χ3v) is 3.05. The van der Waals surface area contributed by atoms with Crippen molar-refractivity contribution in [1.82, 2.24) is 14.8 Å². The normalized spacial score (nSPS) is 15.2. The summed E-state index contributed by atoms with van der Waals surface area (Å²) in [5.74, 6) is 0.962. The number of rotatable bonds is 2. The first-order valence-corrected chi connectivity index (χ1v) is 5.63. The molecular weight excluding hydrogens is 222 g/mol.